The Morgan fingerprint density at radius 1 is 1.24 bits per heavy atom. The van der Waals surface area contributed by atoms with E-state index in [1.807, 2.05) is 0 Å². The molecule has 0 aromatic carbocycles. The van der Waals surface area contributed by atoms with Crippen LogP contribution in [0.3, 0.4) is 0 Å². The molecule has 3 rings (SSSR count). The molecule has 5 heteroatoms. The van der Waals surface area contributed by atoms with Gasteiger partial charge in [0.2, 0.25) is 0 Å². The summed E-state index contributed by atoms with van der Waals surface area (Å²) in [5.41, 5.74) is 8.25. The van der Waals surface area contributed by atoms with E-state index in [0.717, 1.165) is 62.6 Å². The lowest BCUT2D eigenvalue weighted by Gasteiger charge is -2.24. The molecule has 1 aromatic rings. The smallest absolute Gasteiger partial charge is 0.134 e. The fourth-order valence-corrected chi connectivity index (χ4v) is 2.53. The monoisotopic (exact) mass is 234 g/mol. The van der Waals surface area contributed by atoms with Crippen LogP contribution in [0.25, 0.3) is 0 Å². The molecule has 0 atom stereocenters. The van der Waals surface area contributed by atoms with Crippen LogP contribution >= 0.6 is 0 Å². The number of nitrogens with two attached hydrogens (primary N) is 1. The lowest BCUT2D eigenvalue weighted by atomic mass is 9.98. The number of rotatable bonds is 1. The summed E-state index contributed by atoms with van der Waals surface area (Å²) in [4.78, 5) is 9.19. The fraction of sp³-hybridized carbons (Fsp3) is 0.667. The highest BCUT2D eigenvalue weighted by Crippen LogP contribution is 2.27. The van der Waals surface area contributed by atoms with Crippen molar-refractivity contribution in [3.8, 4) is 0 Å². The number of nitrogens with one attached hydrogen (secondary N) is 1. The number of nitrogens with zero attached hydrogens (tertiary/aromatic N) is 2. The number of hydrogen-bond donors (Lipinski definition) is 2. The first-order valence-corrected chi connectivity index (χ1v) is 6.28. The minimum atomic E-state index is 0.422. The molecule has 0 amide bonds. The average molecular weight is 234 g/mol. The molecule has 1 aromatic heterocycles. The van der Waals surface area contributed by atoms with Crippen molar-refractivity contribution in [2.75, 3.05) is 25.5 Å². The first kappa shape index (κ1) is 10.9. The molecule has 0 bridgehead atoms. The molecular weight excluding hydrogens is 216 g/mol. The molecule has 1 saturated heterocycles. The van der Waals surface area contributed by atoms with E-state index in [0.29, 0.717) is 11.7 Å². The van der Waals surface area contributed by atoms with Gasteiger partial charge >= 0.3 is 0 Å². The zero-order valence-electron chi connectivity index (χ0n) is 9.91. The molecule has 0 spiro atoms. The van der Waals surface area contributed by atoms with E-state index in [4.69, 9.17) is 15.5 Å². The minimum Gasteiger partial charge on any atom is -0.383 e. The third kappa shape index (κ3) is 2.12. The molecule has 5 nitrogen and oxygen atoms in total. The highest BCUT2D eigenvalue weighted by atomic mass is 16.5. The first-order chi connectivity index (χ1) is 8.34. The van der Waals surface area contributed by atoms with Crippen molar-refractivity contribution >= 4 is 5.82 Å². The fourth-order valence-electron chi connectivity index (χ4n) is 2.53. The maximum absolute atomic E-state index is 6.03. The lowest BCUT2D eigenvalue weighted by molar-refractivity contribution is 0.0835. The summed E-state index contributed by atoms with van der Waals surface area (Å²) in [6, 6.07) is 0. The summed E-state index contributed by atoms with van der Waals surface area (Å²) in [5.74, 6) is 2.00. The van der Waals surface area contributed by atoms with Crippen LogP contribution < -0.4 is 11.1 Å². The molecule has 1 fully saturated rings. The quantitative estimate of drug-likeness (QED) is 0.744. The van der Waals surface area contributed by atoms with Gasteiger partial charge in [-0.25, -0.2) is 9.97 Å². The maximum atomic E-state index is 6.03. The summed E-state index contributed by atoms with van der Waals surface area (Å²) >= 11 is 0. The summed E-state index contributed by atoms with van der Waals surface area (Å²) in [6.45, 7) is 3.41. The predicted octanol–water partition coefficient (Wildman–Crippen LogP) is 0.598. The van der Waals surface area contributed by atoms with Gasteiger partial charge in [0.25, 0.3) is 0 Å². The van der Waals surface area contributed by atoms with Crippen LogP contribution in [0.4, 0.5) is 5.82 Å². The molecule has 0 radical (unpaired) electrons. The Bertz CT molecular complexity index is 415. The Hall–Kier alpha value is -1.20. The molecule has 3 heterocycles. The Kier molecular flexibility index (Phi) is 2.94. The highest BCUT2D eigenvalue weighted by molar-refractivity contribution is 5.43. The number of ether oxygens (including phenoxy) is 1. The van der Waals surface area contributed by atoms with Crippen molar-refractivity contribution in [1.82, 2.24) is 15.3 Å². The second kappa shape index (κ2) is 4.58. The van der Waals surface area contributed by atoms with E-state index >= 15 is 0 Å². The van der Waals surface area contributed by atoms with E-state index < -0.39 is 0 Å². The summed E-state index contributed by atoms with van der Waals surface area (Å²) < 4.78 is 5.37. The average Bonchev–Trinajstić information content (AvgIpc) is 2.40. The van der Waals surface area contributed by atoms with Gasteiger partial charge < -0.3 is 15.8 Å². The van der Waals surface area contributed by atoms with Gasteiger partial charge in [-0.1, -0.05) is 0 Å². The molecule has 3 N–H and O–H groups in total. The Morgan fingerprint density at radius 3 is 2.88 bits per heavy atom. The normalized spacial score (nSPS) is 21.2. The number of aromatic nitrogens is 2. The zero-order chi connectivity index (χ0) is 11.7. The Morgan fingerprint density at radius 2 is 2.06 bits per heavy atom. The molecule has 17 heavy (non-hydrogen) atoms. The van der Waals surface area contributed by atoms with Gasteiger partial charge in [0.15, 0.2) is 0 Å². The van der Waals surface area contributed by atoms with Gasteiger partial charge in [0.05, 0.1) is 5.69 Å². The second-order valence-electron chi connectivity index (χ2n) is 4.71. The first-order valence-electron chi connectivity index (χ1n) is 6.28. The topological polar surface area (TPSA) is 73.1 Å². The number of anilines is 1. The van der Waals surface area contributed by atoms with Crippen LogP contribution in [0.5, 0.6) is 0 Å². The largest absolute Gasteiger partial charge is 0.383 e. The van der Waals surface area contributed by atoms with Crippen molar-refractivity contribution in [1.29, 1.82) is 0 Å². The SMILES string of the molecule is Nc1nc(C2CCOCC2)nc2c1CNCC2. The summed E-state index contributed by atoms with van der Waals surface area (Å²) in [7, 11) is 0. The van der Waals surface area contributed by atoms with Crippen LogP contribution in [0, 0.1) is 0 Å². The van der Waals surface area contributed by atoms with Crippen LogP contribution in [0.15, 0.2) is 0 Å². The number of fused-ring (bicyclic) bond motifs is 1. The molecular formula is C12H18N4O. The summed E-state index contributed by atoms with van der Waals surface area (Å²) in [5, 5.41) is 3.30. The van der Waals surface area contributed by atoms with Crippen molar-refractivity contribution in [2.24, 2.45) is 0 Å². The van der Waals surface area contributed by atoms with E-state index in [-0.39, 0.29) is 0 Å². The second-order valence-corrected chi connectivity index (χ2v) is 4.71. The number of nitrogen functional groups attached to an aromatic ring is 1. The molecule has 0 unspecified atom stereocenters. The van der Waals surface area contributed by atoms with Crippen LogP contribution in [0.2, 0.25) is 0 Å². The standard InChI is InChI=1S/C12H18N4O/c13-11-9-7-14-4-1-10(9)15-12(16-11)8-2-5-17-6-3-8/h8,14H,1-7H2,(H2,13,15,16). The lowest BCUT2D eigenvalue weighted by Crippen LogP contribution is -2.27. The van der Waals surface area contributed by atoms with Gasteiger partial charge in [-0.05, 0) is 12.8 Å². The van der Waals surface area contributed by atoms with Crippen LogP contribution in [-0.2, 0) is 17.7 Å². The van der Waals surface area contributed by atoms with Gasteiger partial charge in [0, 0.05) is 44.2 Å². The van der Waals surface area contributed by atoms with E-state index in [1.54, 1.807) is 0 Å². The Balaban J connectivity index is 1.92. The molecule has 2 aliphatic heterocycles. The maximum Gasteiger partial charge on any atom is 0.134 e. The highest BCUT2D eigenvalue weighted by Gasteiger charge is 2.22. The van der Waals surface area contributed by atoms with Gasteiger partial charge in [-0.15, -0.1) is 0 Å². The van der Waals surface area contributed by atoms with Crippen LogP contribution in [0.1, 0.15) is 35.8 Å². The van der Waals surface area contributed by atoms with Crippen molar-refractivity contribution < 1.29 is 4.74 Å². The van der Waals surface area contributed by atoms with Gasteiger partial charge in [0.1, 0.15) is 11.6 Å². The minimum absolute atomic E-state index is 0.422. The van der Waals surface area contributed by atoms with E-state index in [9.17, 15) is 0 Å². The third-order valence-electron chi connectivity index (χ3n) is 3.57. The van der Waals surface area contributed by atoms with Crippen molar-refractivity contribution in [3.05, 3.63) is 17.1 Å². The third-order valence-corrected chi connectivity index (χ3v) is 3.57. The summed E-state index contributed by atoms with van der Waals surface area (Å²) in [6.07, 6.45) is 2.98. The van der Waals surface area contributed by atoms with Gasteiger partial charge in [-0.3, -0.25) is 0 Å². The predicted molar refractivity (Wildman–Crippen MR) is 64.6 cm³/mol. The molecule has 0 aliphatic carbocycles. The van der Waals surface area contributed by atoms with E-state index in [2.05, 4.69) is 10.3 Å². The Labute approximate surface area is 101 Å². The molecule has 0 saturated carbocycles. The van der Waals surface area contributed by atoms with Gasteiger partial charge in [-0.2, -0.15) is 0 Å². The van der Waals surface area contributed by atoms with Crippen molar-refractivity contribution in [3.63, 3.8) is 0 Å². The molecule has 2 aliphatic rings. The van der Waals surface area contributed by atoms with E-state index in [1.165, 1.54) is 0 Å². The van der Waals surface area contributed by atoms with Crippen molar-refractivity contribution in [2.45, 2.75) is 31.7 Å². The zero-order valence-corrected chi connectivity index (χ0v) is 9.91. The molecule has 92 valence electrons. The number of hydrogen-bond acceptors (Lipinski definition) is 5. The van der Waals surface area contributed by atoms with Crippen LogP contribution in [-0.4, -0.2) is 29.7 Å².